The van der Waals surface area contributed by atoms with Gasteiger partial charge in [0.25, 0.3) is 5.56 Å². The normalized spacial score (nSPS) is 32.3. The highest BCUT2D eigenvalue weighted by Gasteiger charge is 2.50. The van der Waals surface area contributed by atoms with E-state index in [1.807, 2.05) is 0 Å². The van der Waals surface area contributed by atoms with Crippen molar-refractivity contribution in [1.82, 2.24) is 9.55 Å². The number of aromatic amines is 1. The minimum Gasteiger partial charge on any atom is -0.299 e. The molecule has 1 heterocycles. The largest absolute Gasteiger partial charge is 0.328 e. The first-order chi connectivity index (χ1) is 12.2. The van der Waals surface area contributed by atoms with Gasteiger partial charge in [0.15, 0.2) is 0 Å². The van der Waals surface area contributed by atoms with Crippen molar-refractivity contribution in [2.45, 2.75) is 71.1 Å². The van der Waals surface area contributed by atoms with Crippen molar-refractivity contribution in [2.24, 2.45) is 23.2 Å². The van der Waals surface area contributed by atoms with E-state index in [1.54, 1.807) is 10.8 Å². The van der Waals surface area contributed by atoms with Crippen molar-refractivity contribution in [1.29, 1.82) is 0 Å². The molecule has 0 radical (unpaired) electrons. The van der Waals surface area contributed by atoms with E-state index in [0.717, 1.165) is 24.2 Å². The fourth-order valence-electron chi connectivity index (χ4n) is 5.97. The summed E-state index contributed by atoms with van der Waals surface area (Å²) < 4.78 is 1.69. The van der Waals surface area contributed by atoms with Crippen LogP contribution in [0.2, 0.25) is 19.6 Å². The van der Waals surface area contributed by atoms with E-state index < -0.39 is 8.07 Å². The average Bonchev–Trinajstić information content (AvgIpc) is 2.51. The van der Waals surface area contributed by atoms with Crippen molar-refractivity contribution in [2.75, 3.05) is 0 Å². The van der Waals surface area contributed by atoms with Gasteiger partial charge >= 0.3 is 5.69 Å². The molecule has 0 aliphatic heterocycles. The van der Waals surface area contributed by atoms with Crippen LogP contribution in [0, 0.1) is 34.6 Å². The summed E-state index contributed by atoms with van der Waals surface area (Å²) in [6.45, 7) is 7.15. The van der Waals surface area contributed by atoms with E-state index in [0.29, 0.717) is 17.5 Å². The van der Waals surface area contributed by atoms with Gasteiger partial charge in [-0.15, -0.1) is 5.54 Å². The third-order valence-electron chi connectivity index (χ3n) is 6.63. The Bertz CT molecular complexity index is 843. The lowest BCUT2D eigenvalue weighted by molar-refractivity contribution is -0.0593. The van der Waals surface area contributed by atoms with Gasteiger partial charge in [-0.3, -0.25) is 14.3 Å². The second-order valence-electron chi connectivity index (χ2n) is 10.2. The number of rotatable bonds is 3. The molecule has 0 aromatic carbocycles. The number of aromatic nitrogens is 2. The molecule has 0 atom stereocenters. The minimum absolute atomic E-state index is 0.293. The lowest BCUT2D eigenvalue weighted by atomic mass is 9.49. The molecule has 4 aliphatic carbocycles. The third kappa shape index (κ3) is 3.62. The van der Waals surface area contributed by atoms with Crippen LogP contribution < -0.4 is 11.2 Å². The van der Waals surface area contributed by atoms with Gasteiger partial charge < -0.3 is 0 Å². The topological polar surface area (TPSA) is 54.9 Å². The maximum atomic E-state index is 12.3. The summed E-state index contributed by atoms with van der Waals surface area (Å²) in [7, 11) is -1.56. The van der Waals surface area contributed by atoms with E-state index in [1.165, 1.54) is 38.5 Å². The number of H-pyrrole nitrogens is 1. The molecular formula is C21H30N2O2Si. The molecule has 26 heavy (non-hydrogen) atoms. The Hall–Kier alpha value is -1.54. The van der Waals surface area contributed by atoms with Crippen LogP contribution in [0.15, 0.2) is 15.8 Å². The Morgan fingerprint density at radius 1 is 1.12 bits per heavy atom. The average molecular weight is 371 g/mol. The van der Waals surface area contributed by atoms with Gasteiger partial charge in [-0.05, 0) is 68.1 Å². The molecule has 4 saturated carbocycles. The number of hydrogen-bond acceptors (Lipinski definition) is 2. The van der Waals surface area contributed by atoms with Gasteiger partial charge in [-0.25, -0.2) is 4.79 Å². The van der Waals surface area contributed by atoms with Crippen molar-refractivity contribution < 1.29 is 0 Å². The van der Waals surface area contributed by atoms with Gasteiger partial charge in [0, 0.05) is 12.7 Å². The number of nitrogens with one attached hydrogen (secondary N) is 1. The van der Waals surface area contributed by atoms with Gasteiger partial charge in [0.05, 0.1) is 0 Å². The van der Waals surface area contributed by atoms with Gasteiger partial charge in [-0.2, -0.15) is 0 Å². The van der Waals surface area contributed by atoms with Crippen LogP contribution in [0.4, 0.5) is 0 Å². The standard InChI is InChI=1S/C21H30N2O2Si/c1-26(2,3)7-4-18-14-23(20(25)22-19(18)24)6-5-21-11-15-8-16(12-21)10-17(9-15)13-21/h14-17H,5-6,8-13H2,1-3H3,(H,22,24,25). The number of nitrogens with zero attached hydrogens (tertiary/aromatic N) is 1. The van der Waals surface area contributed by atoms with E-state index >= 15 is 0 Å². The highest BCUT2D eigenvalue weighted by molar-refractivity contribution is 6.83. The zero-order chi connectivity index (χ0) is 18.5. The summed E-state index contributed by atoms with van der Waals surface area (Å²) in [6.07, 6.45) is 11.1. The Balaban J connectivity index is 1.54. The molecule has 4 aliphatic rings. The predicted molar refractivity (Wildman–Crippen MR) is 107 cm³/mol. The van der Waals surface area contributed by atoms with Crippen LogP contribution in [0.25, 0.3) is 0 Å². The third-order valence-corrected chi connectivity index (χ3v) is 7.51. The van der Waals surface area contributed by atoms with Gasteiger partial charge in [0.1, 0.15) is 13.6 Å². The maximum Gasteiger partial charge on any atom is 0.328 e. The van der Waals surface area contributed by atoms with E-state index in [2.05, 4.69) is 36.1 Å². The highest BCUT2D eigenvalue weighted by atomic mass is 28.3. The Morgan fingerprint density at radius 2 is 1.69 bits per heavy atom. The summed E-state index contributed by atoms with van der Waals surface area (Å²) in [4.78, 5) is 26.8. The molecule has 4 fully saturated rings. The molecule has 0 spiro atoms. The Kier molecular flexibility index (Phi) is 4.30. The summed E-state index contributed by atoms with van der Waals surface area (Å²) in [5.74, 6) is 5.79. The minimum atomic E-state index is -1.56. The number of hydrogen-bond donors (Lipinski definition) is 1. The zero-order valence-corrected chi connectivity index (χ0v) is 17.2. The van der Waals surface area contributed by atoms with E-state index in [4.69, 9.17) is 0 Å². The first-order valence-corrected chi connectivity index (χ1v) is 13.6. The van der Waals surface area contributed by atoms with Crippen LogP contribution >= 0.6 is 0 Å². The monoisotopic (exact) mass is 370 g/mol. The molecule has 5 rings (SSSR count). The van der Waals surface area contributed by atoms with Gasteiger partial charge in [0.2, 0.25) is 0 Å². The zero-order valence-electron chi connectivity index (χ0n) is 16.2. The summed E-state index contributed by atoms with van der Waals surface area (Å²) in [6, 6.07) is 0. The lowest BCUT2D eigenvalue weighted by Crippen LogP contribution is -2.46. The van der Waals surface area contributed by atoms with Gasteiger partial charge in [-0.1, -0.05) is 25.6 Å². The van der Waals surface area contributed by atoms with Crippen molar-refractivity contribution in [3.63, 3.8) is 0 Å². The quantitative estimate of drug-likeness (QED) is 0.655. The summed E-state index contributed by atoms with van der Waals surface area (Å²) >= 11 is 0. The van der Waals surface area contributed by atoms with E-state index in [-0.39, 0.29) is 11.2 Å². The fraction of sp³-hybridized carbons (Fsp3) is 0.714. The number of aryl methyl sites for hydroxylation is 1. The molecule has 4 nitrogen and oxygen atoms in total. The maximum absolute atomic E-state index is 12.3. The fourth-order valence-corrected chi connectivity index (χ4v) is 6.48. The molecule has 1 N–H and O–H groups in total. The molecule has 5 heteroatoms. The SMILES string of the molecule is C[Si](C)(C)C#Cc1cn(CCC23CC4CC(CC(C4)C2)C3)c(=O)[nH]c1=O. The summed E-state index contributed by atoms with van der Waals surface area (Å²) in [5, 5.41) is 0. The molecule has 0 unspecified atom stereocenters. The molecular weight excluding hydrogens is 340 g/mol. The van der Waals surface area contributed by atoms with E-state index in [9.17, 15) is 9.59 Å². The molecule has 0 saturated heterocycles. The van der Waals surface area contributed by atoms with Crippen molar-refractivity contribution >= 4 is 8.07 Å². The predicted octanol–water partition coefficient (Wildman–Crippen LogP) is 3.37. The molecule has 140 valence electrons. The van der Waals surface area contributed by atoms with Crippen molar-refractivity contribution in [3.05, 3.63) is 32.6 Å². The molecule has 0 amide bonds. The van der Waals surface area contributed by atoms with Crippen LogP contribution in [-0.2, 0) is 6.54 Å². The van der Waals surface area contributed by atoms with Crippen LogP contribution in [0.1, 0.15) is 50.5 Å². The Morgan fingerprint density at radius 3 is 2.23 bits per heavy atom. The lowest BCUT2D eigenvalue weighted by Gasteiger charge is -2.57. The first-order valence-electron chi connectivity index (χ1n) is 10.1. The molecule has 1 aromatic heterocycles. The smallest absolute Gasteiger partial charge is 0.299 e. The first kappa shape index (κ1) is 17.9. The highest BCUT2D eigenvalue weighted by Crippen LogP contribution is 2.61. The molecule has 4 bridgehead atoms. The Labute approximate surface area is 156 Å². The van der Waals surface area contributed by atoms with Crippen LogP contribution in [0.5, 0.6) is 0 Å². The second kappa shape index (κ2) is 6.26. The van der Waals surface area contributed by atoms with Crippen molar-refractivity contribution in [3.8, 4) is 11.5 Å². The van der Waals surface area contributed by atoms with Crippen LogP contribution in [-0.4, -0.2) is 17.6 Å². The van der Waals surface area contributed by atoms with Crippen LogP contribution in [0.3, 0.4) is 0 Å². The summed E-state index contributed by atoms with van der Waals surface area (Å²) in [5.41, 5.74) is 3.45. The molecule has 1 aromatic rings. The second-order valence-corrected chi connectivity index (χ2v) is 14.9.